The van der Waals surface area contributed by atoms with Crippen LogP contribution >= 0.6 is 11.6 Å². The Morgan fingerprint density at radius 1 is 1.37 bits per heavy atom. The van der Waals surface area contributed by atoms with Gasteiger partial charge in [-0.15, -0.1) is 0 Å². The Morgan fingerprint density at radius 2 is 2.05 bits per heavy atom. The van der Waals surface area contributed by atoms with Gasteiger partial charge in [-0.05, 0) is 37.6 Å². The number of carboxylic acid groups (broad SMARTS) is 1. The van der Waals surface area contributed by atoms with Gasteiger partial charge in [0.25, 0.3) is 0 Å². The Kier molecular flexibility index (Phi) is 3.62. The highest BCUT2D eigenvalue weighted by atomic mass is 35.5. The SMILES string of the molecule is Cc1cc(C)n(Cc2ccc(Cl)cc2F)c1C(=O)O. The third-order valence-corrected chi connectivity index (χ3v) is 3.28. The molecule has 19 heavy (non-hydrogen) atoms. The lowest BCUT2D eigenvalue weighted by Gasteiger charge is -2.11. The molecule has 0 amide bonds. The first-order chi connectivity index (χ1) is 8.90. The fraction of sp³-hybridized carbons (Fsp3) is 0.214. The highest BCUT2D eigenvalue weighted by molar-refractivity contribution is 6.30. The van der Waals surface area contributed by atoms with Gasteiger partial charge in [0, 0.05) is 16.3 Å². The first-order valence-electron chi connectivity index (χ1n) is 5.74. The summed E-state index contributed by atoms with van der Waals surface area (Å²) in [4.78, 5) is 11.2. The molecule has 2 rings (SSSR count). The number of rotatable bonds is 3. The Morgan fingerprint density at radius 3 is 2.63 bits per heavy atom. The molecule has 0 spiro atoms. The van der Waals surface area contributed by atoms with Gasteiger partial charge in [0.15, 0.2) is 0 Å². The van der Waals surface area contributed by atoms with E-state index in [-0.39, 0.29) is 12.2 Å². The molecular weight excluding hydrogens is 269 g/mol. The van der Waals surface area contributed by atoms with Crippen molar-refractivity contribution in [3.8, 4) is 0 Å². The highest BCUT2D eigenvalue weighted by Crippen LogP contribution is 2.20. The average Bonchev–Trinajstić information content (AvgIpc) is 2.57. The quantitative estimate of drug-likeness (QED) is 0.933. The van der Waals surface area contributed by atoms with Crippen molar-refractivity contribution in [2.24, 2.45) is 0 Å². The van der Waals surface area contributed by atoms with Crippen LogP contribution in [-0.2, 0) is 6.54 Å². The van der Waals surface area contributed by atoms with Gasteiger partial charge in [-0.1, -0.05) is 17.7 Å². The second-order valence-electron chi connectivity index (χ2n) is 4.44. The molecule has 5 heteroatoms. The topological polar surface area (TPSA) is 42.2 Å². The summed E-state index contributed by atoms with van der Waals surface area (Å²) in [5, 5.41) is 9.54. The van der Waals surface area contributed by atoms with Gasteiger partial charge >= 0.3 is 5.97 Å². The third-order valence-electron chi connectivity index (χ3n) is 3.04. The van der Waals surface area contributed by atoms with Crippen molar-refractivity contribution >= 4 is 17.6 Å². The molecule has 0 bridgehead atoms. The predicted octanol–water partition coefficient (Wildman–Crippen LogP) is 3.64. The van der Waals surface area contributed by atoms with Crippen LogP contribution in [0.3, 0.4) is 0 Å². The zero-order valence-corrected chi connectivity index (χ0v) is 11.3. The molecular formula is C14H13ClFNO2. The van der Waals surface area contributed by atoms with Crippen molar-refractivity contribution in [3.05, 3.63) is 57.6 Å². The van der Waals surface area contributed by atoms with E-state index in [4.69, 9.17) is 11.6 Å². The fourth-order valence-electron chi connectivity index (χ4n) is 2.16. The maximum absolute atomic E-state index is 13.8. The van der Waals surface area contributed by atoms with Gasteiger partial charge in [-0.25, -0.2) is 9.18 Å². The van der Waals surface area contributed by atoms with Gasteiger partial charge in [0.1, 0.15) is 11.5 Å². The Hall–Kier alpha value is -1.81. The minimum Gasteiger partial charge on any atom is -0.477 e. The molecule has 1 heterocycles. The number of aromatic nitrogens is 1. The number of nitrogens with zero attached hydrogens (tertiary/aromatic N) is 1. The van der Waals surface area contributed by atoms with Crippen LogP contribution in [0.2, 0.25) is 5.02 Å². The van der Waals surface area contributed by atoms with Crippen LogP contribution in [0.4, 0.5) is 4.39 Å². The van der Waals surface area contributed by atoms with Crippen LogP contribution in [-0.4, -0.2) is 15.6 Å². The molecule has 1 N–H and O–H groups in total. The molecule has 0 saturated carbocycles. The molecule has 0 aliphatic heterocycles. The van der Waals surface area contributed by atoms with Gasteiger partial charge in [0.2, 0.25) is 0 Å². The molecule has 0 aliphatic carbocycles. The Bertz CT molecular complexity index is 649. The molecule has 0 aliphatic rings. The lowest BCUT2D eigenvalue weighted by Crippen LogP contribution is -2.12. The largest absolute Gasteiger partial charge is 0.477 e. The summed E-state index contributed by atoms with van der Waals surface area (Å²) >= 11 is 5.70. The second-order valence-corrected chi connectivity index (χ2v) is 4.88. The molecule has 3 nitrogen and oxygen atoms in total. The minimum atomic E-state index is -1.01. The van der Waals surface area contributed by atoms with Gasteiger partial charge in [-0.2, -0.15) is 0 Å². The summed E-state index contributed by atoms with van der Waals surface area (Å²) < 4.78 is 15.3. The average molecular weight is 282 g/mol. The first kappa shape index (κ1) is 13.6. The molecule has 2 aromatic rings. The maximum atomic E-state index is 13.8. The summed E-state index contributed by atoms with van der Waals surface area (Å²) in [7, 11) is 0. The number of halogens is 2. The number of carbonyl (C=O) groups is 1. The second kappa shape index (κ2) is 5.05. The number of aromatic carboxylic acids is 1. The van der Waals surface area contributed by atoms with Crippen LogP contribution in [0.25, 0.3) is 0 Å². The van der Waals surface area contributed by atoms with E-state index in [0.29, 0.717) is 16.1 Å². The normalized spacial score (nSPS) is 10.7. The lowest BCUT2D eigenvalue weighted by molar-refractivity contribution is 0.0684. The summed E-state index contributed by atoms with van der Waals surface area (Å²) in [6, 6.07) is 6.16. The van der Waals surface area contributed by atoms with Crippen LogP contribution in [0.15, 0.2) is 24.3 Å². The zero-order chi connectivity index (χ0) is 14.2. The van der Waals surface area contributed by atoms with Crippen molar-refractivity contribution in [2.45, 2.75) is 20.4 Å². The Balaban J connectivity index is 2.46. The third kappa shape index (κ3) is 2.63. The monoisotopic (exact) mass is 281 g/mol. The van der Waals surface area contributed by atoms with E-state index in [1.807, 2.05) is 0 Å². The van der Waals surface area contributed by atoms with Gasteiger partial charge in [0.05, 0.1) is 6.54 Å². The Labute approximate surface area is 115 Å². The van der Waals surface area contributed by atoms with E-state index in [1.165, 1.54) is 6.07 Å². The van der Waals surface area contributed by atoms with Crippen LogP contribution < -0.4 is 0 Å². The summed E-state index contributed by atoms with van der Waals surface area (Å²) in [5.74, 6) is -1.45. The highest BCUT2D eigenvalue weighted by Gasteiger charge is 2.17. The molecule has 0 fully saturated rings. The van der Waals surface area contributed by atoms with E-state index < -0.39 is 11.8 Å². The van der Waals surface area contributed by atoms with Gasteiger partial charge < -0.3 is 9.67 Å². The predicted molar refractivity (Wildman–Crippen MR) is 71.4 cm³/mol. The number of hydrogen-bond acceptors (Lipinski definition) is 1. The molecule has 0 radical (unpaired) electrons. The van der Waals surface area contributed by atoms with E-state index in [2.05, 4.69) is 0 Å². The van der Waals surface area contributed by atoms with E-state index in [1.54, 1.807) is 36.6 Å². The number of hydrogen-bond donors (Lipinski definition) is 1. The summed E-state index contributed by atoms with van der Waals surface area (Å²) in [6.07, 6.45) is 0. The molecule has 1 aromatic heterocycles. The number of aryl methyl sites for hydroxylation is 2. The lowest BCUT2D eigenvalue weighted by atomic mass is 10.2. The molecule has 0 saturated heterocycles. The van der Waals surface area contributed by atoms with Crippen LogP contribution in [0.5, 0.6) is 0 Å². The van der Waals surface area contributed by atoms with Crippen molar-refractivity contribution in [3.63, 3.8) is 0 Å². The van der Waals surface area contributed by atoms with Crippen LogP contribution in [0.1, 0.15) is 27.3 Å². The van der Waals surface area contributed by atoms with E-state index in [9.17, 15) is 14.3 Å². The minimum absolute atomic E-state index is 0.171. The van der Waals surface area contributed by atoms with Crippen LogP contribution in [0, 0.1) is 19.7 Å². The van der Waals surface area contributed by atoms with Crippen molar-refractivity contribution in [2.75, 3.05) is 0 Å². The van der Waals surface area contributed by atoms with Crippen molar-refractivity contribution < 1.29 is 14.3 Å². The smallest absolute Gasteiger partial charge is 0.352 e. The molecule has 0 atom stereocenters. The van der Waals surface area contributed by atoms with Crippen molar-refractivity contribution in [1.29, 1.82) is 0 Å². The maximum Gasteiger partial charge on any atom is 0.352 e. The summed E-state index contributed by atoms with van der Waals surface area (Å²) in [5.41, 5.74) is 2.04. The van der Waals surface area contributed by atoms with Crippen molar-refractivity contribution in [1.82, 2.24) is 4.57 Å². The molecule has 0 unspecified atom stereocenters. The zero-order valence-electron chi connectivity index (χ0n) is 10.6. The van der Waals surface area contributed by atoms with E-state index >= 15 is 0 Å². The first-order valence-corrected chi connectivity index (χ1v) is 6.12. The fourth-order valence-corrected chi connectivity index (χ4v) is 2.32. The van der Waals surface area contributed by atoms with E-state index in [0.717, 1.165) is 5.69 Å². The number of carboxylic acids is 1. The molecule has 1 aromatic carbocycles. The summed E-state index contributed by atoms with van der Waals surface area (Å²) in [6.45, 7) is 3.70. The van der Waals surface area contributed by atoms with Gasteiger partial charge in [-0.3, -0.25) is 0 Å². The number of benzene rings is 1. The molecule has 100 valence electrons. The standard InChI is InChI=1S/C14H13ClFNO2/c1-8-5-9(2)17(13(8)14(18)19)7-10-3-4-11(15)6-12(10)16/h3-6H,7H2,1-2H3,(H,18,19).